The maximum atomic E-state index is 11.8. The normalized spacial score (nSPS) is 23.8. The molecular formula is C18H25N7O6S. The molecule has 3 aromatic heterocycles. The highest BCUT2D eigenvalue weighted by atomic mass is 32.2. The predicted molar refractivity (Wildman–Crippen MR) is 112 cm³/mol. The Morgan fingerprint density at radius 2 is 2.00 bits per heavy atom. The number of sulfonamides is 1. The first-order valence-electron chi connectivity index (χ1n) is 10.2. The lowest BCUT2D eigenvalue weighted by Crippen LogP contribution is -2.29. The van der Waals surface area contributed by atoms with E-state index in [2.05, 4.69) is 30.1 Å². The summed E-state index contributed by atoms with van der Waals surface area (Å²) >= 11 is 0. The topological polar surface area (TPSA) is 178 Å². The first-order valence-corrected chi connectivity index (χ1v) is 11.9. The number of anilines is 1. The van der Waals surface area contributed by atoms with Gasteiger partial charge in [0.25, 0.3) is 0 Å². The van der Waals surface area contributed by atoms with Crippen molar-refractivity contribution in [3.63, 3.8) is 0 Å². The van der Waals surface area contributed by atoms with Crippen LogP contribution in [0.4, 0.5) is 5.82 Å². The van der Waals surface area contributed by atoms with Crippen LogP contribution in [0.5, 0.6) is 0 Å². The summed E-state index contributed by atoms with van der Waals surface area (Å²) in [6.45, 7) is 4.05. The number of nitrogens with zero attached hydrogens (tertiary/aromatic N) is 5. The maximum Gasteiger partial charge on any atom is 0.213 e. The molecule has 0 aromatic carbocycles. The molecule has 1 aliphatic rings. The fourth-order valence-corrected chi connectivity index (χ4v) is 4.47. The second kappa shape index (κ2) is 9.07. The van der Waals surface area contributed by atoms with Gasteiger partial charge in [0.2, 0.25) is 10.0 Å². The quantitative estimate of drug-likeness (QED) is 0.325. The van der Waals surface area contributed by atoms with Gasteiger partial charge in [0, 0.05) is 19.2 Å². The molecular weight excluding hydrogens is 442 g/mol. The van der Waals surface area contributed by atoms with Crippen molar-refractivity contribution in [2.24, 2.45) is 0 Å². The number of hydrogen-bond donors (Lipinski definition) is 4. The zero-order valence-corrected chi connectivity index (χ0v) is 18.4. The van der Waals surface area contributed by atoms with Gasteiger partial charge in [-0.3, -0.25) is 4.57 Å². The van der Waals surface area contributed by atoms with Gasteiger partial charge in [-0.1, -0.05) is 19.0 Å². The predicted octanol–water partition coefficient (Wildman–Crippen LogP) is -0.280. The van der Waals surface area contributed by atoms with E-state index in [0.29, 0.717) is 41.4 Å². The van der Waals surface area contributed by atoms with E-state index in [1.165, 1.54) is 17.2 Å². The van der Waals surface area contributed by atoms with Gasteiger partial charge in [0.1, 0.15) is 24.6 Å². The number of aryl methyl sites for hydroxylation is 1. The van der Waals surface area contributed by atoms with Crippen LogP contribution in [0.3, 0.4) is 0 Å². The Labute approximate surface area is 183 Å². The molecule has 1 fully saturated rings. The van der Waals surface area contributed by atoms with Crippen LogP contribution >= 0.6 is 0 Å². The van der Waals surface area contributed by atoms with Crippen LogP contribution in [0, 0.1) is 0 Å². The molecule has 4 rings (SSSR count). The second-order valence-corrected chi connectivity index (χ2v) is 9.22. The molecule has 0 aliphatic carbocycles. The summed E-state index contributed by atoms with van der Waals surface area (Å²) < 4.78 is 38.7. The van der Waals surface area contributed by atoms with Crippen molar-refractivity contribution >= 4 is 27.0 Å². The first-order chi connectivity index (χ1) is 15.3. The standard InChI is InChI=1S/C18H25N7O6S/c1-3-10-7-11(31-24-10)15-13(26)14(27)18(30-15)25-9-22-12-16(20-8-21-17(12)25)19-5-6-32(28,29)23-4-2/h7-9,13-15,18,23,26-27H,3-6H2,1-2H3,(H,19,20,21)/t13-,14-,15+,18+/m0/s1. The monoisotopic (exact) mass is 467 g/mol. The van der Waals surface area contributed by atoms with Gasteiger partial charge in [-0.05, 0) is 6.42 Å². The minimum Gasteiger partial charge on any atom is -0.387 e. The number of aliphatic hydroxyl groups excluding tert-OH is 2. The second-order valence-electron chi connectivity index (χ2n) is 7.29. The highest BCUT2D eigenvalue weighted by Gasteiger charge is 2.46. The van der Waals surface area contributed by atoms with Gasteiger partial charge in [-0.2, -0.15) is 0 Å². The average Bonchev–Trinajstić information content (AvgIpc) is 3.47. The SMILES string of the molecule is CCNS(=O)(=O)CCNc1ncnc2c1ncn2[C@@H]1O[C@H](c2cc(CC)no2)[C@@H](O)[C@@H]1O. The molecule has 0 spiro atoms. The third-order valence-electron chi connectivity index (χ3n) is 5.12. The van der Waals surface area contributed by atoms with E-state index in [1.807, 2.05) is 6.92 Å². The minimum absolute atomic E-state index is 0.114. The number of imidazole rings is 1. The first kappa shape index (κ1) is 22.5. The lowest BCUT2D eigenvalue weighted by Gasteiger charge is -2.16. The van der Waals surface area contributed by atoms with Crippen molar-refractivity contribution < 1.29 is 27.9 Å². The summed E-state index contributed by atoms with van der Waals surface area (Å²) in [6, 6.07) is 1.68. The van der Waals surface area contributed by atoms with E-state index in [-0.39, 0.29) is 12.3 Å². The van der Waals surface area contributed by atoms with Gasteiger partial charge in [-0.15, -0.1) is 0 Å². The van der Waals surface area contributed by atoms with E-state index >= 15 is 0 Å². The number of rotatable bonds is 9. The Morgan fingerprint density at radius 1 is 1.19 bits per heavy atom. The molecule has 1 aliphatic heterocycles. The van der Waals surface area contributed by atoms with Gasteiger partial charge >= 0.3 is 0 Å². The summed E-state index contributed by atoms with van der Waals surface area (Å²) in [4.78, 5) is 12.6. The molecule has 0 radical (unpaired) electrons. The van der Waals surface area contributed by atoms with Crippen LogP contribution in [0.25, 0.3) is 11.2 Å². The molecule has 0 unspecified atom stereocenters. The summed E-state index contributed by atoms with van der Waals surface area (Å²) in [5.41, 5.74) is 1.43. The van der Waals surface area contributed by atoms with Crippen molar-refractivity contribution in [1.29, 1.82) is 0 Å². The van der Waals surface area contributed by atoms with Crippen molar-refractivity contribution in [3.05, 3.63) is 30.2 Å². The summed E-state index contributed by atoms with van der Waals surface area (Å²) in [7, 11) is -3.39. The van der Waals surface area contributed by atoms with E-state index in [9.17, 15) is 18.6 Å². The molecule has 4 N–H and O–H groups in total. The molecule has 4 heterocycles. The lowest BCUT2D eigenvalue weighted by molar-refractivity contribution is -0.0434. The molecule has 0 bridgehead atoms. The van der Waals surface area contributed by atoms with Crippen molar-refractivity contribution in [3.8, 4) is 0 Å². The summed E-state index contributed by atoms with van der Waals surface area (Å²) in [6.07, 6.45) is -1.03. The number of fused-ring (bicyclic) bond motifs is 1. The molecule has 32 heavy (non-hydrogen) atoms. The van der Waals surface area contributed by atoms with Gasteiger partial charge in [0.05, 0.1) is 17.8 Å². The average molecular weight is 468 g/mol. The van der Waals surface area contributed by atoms with Crippen LogP contribution < -0.4 is 10.0 Å². The van der Waals surface area contributed by atoms with Crippen molar-refractivity contribution in [1.82, 2.24) is 29.4 Å². The van der Waals surface area contributed by atoms with Crippen LogP contribution in [0.1, 0.15) is 37.6 Å². The minimum atomic E-state index is -3.39. The molecule has 174 valence electrons. The number of nitrogens with one attached hydrogen (secondary N) is 2. The van der Waals surface area contributed by atoms with Crippen LogP contribution in [-0.2, 0) is 21.2 Å². The molecule has 14 heteroatoms. The third kappa shape index (κ3) is 4.31. The molecule has 1 saturated heterocycles. The van der Waals surface area contributed by atoms with E-state index in [1.54, 1.807) is 13.0 Å². The Bertz CT molecular complexity index is 1180. The van der Waals surface area contributed by atoms with E-state index in [4.69, 9.17) is 9.26 Å². The zero-order valence-electron chi connectivity index (χ0n) is 17.5. The maximum absolute atomic E-state index is 11.8. The molecule has 4 atom stereocenters. The molecule has 13 nitrogen and oxygen atoms in total. The zero-order chi connectivity index (χ0) is 22.9. The Morgan fingerprint density at radius 3 is 2.72 bits per heavy atom. The summed E-state index contributed by atoms with van der Waals surface area (Å²) in [5, 5.41) is 28.0. The van der Waals surface area contributed by atoms with Crippen LogP contribution in [-0.4, -0.2) is 74.4 Å². The van der Waals surface area contributed by atoms with Gasteiger partial charge < -0.3 is 24.8 Å². The highest BCUT2D eigenvalue weighted by Crippen LogP contribution is 2.40. The number of ether oxygens (including phenoxy) is 1. The Kier molecular flexibility index (Phi) is 6.39. The molecule has 3 aromatic rings. The van der Waals surface area contributed by atoms with Gasteiger partial charge in [-0.25, -0.2) is 28.1 Å². The smallest absolute Gasteiger partial charge is 0.213 e. The largest absolute Gasteiger partial charge is 0.387 e. The van der Waals surface area contributed by atoms with Crippen molar-refractivity contribution in [2.75, 3.05) is 24.2 Å². The summed E-state index contributed by atoms with van der Waals surface area (Å²) in [5.74, 6) is 0.523. The number of aromatic nitrogens is 5. The van der Waals surface area contributed by atoms with Crippen LogP contribution in [0.15, 0.2) is 23.2 Å². The Hall–Kier alpha value is -2.65. The fourth-order valence-electron chi connectivity index (χ4n) is 3.52. The van der Waals surface area contributed by atoms with E-state index in [0.717, 1.165) is 0 Å². The van der Waals surface area contributed by atoms with Crippen molar-refractivity contribution in [2.45, 2.75) is 44.8 Å². The fraction of sp³-hybridized carbons (Fsp3) is 0.556. The molecule has 0 saturated carbocycles. The number of aliphatic hydroxyl groups is 2. The highest BCUT2D eigenvalue weighted by molar-refractivity contribution is 7.89. The van der Waals surface area contributed by atoms with Gasteiger partial charge in [0.15, 0.2) is 29.0 Å². The lowest BCUT2D eigenvalue weighted by atomic mass is 10.1. The third-order valence-corrected chi connectivity index (χ3v) is 6.59. The molecule has 0 amide bonds. The Balaban J connectivity index is 1.54. The van der Waals surface area contributed by atoms with E-state index < -0.39 is 34.6 Å². The van der Waals surface area contributed by atoms with Crippen LogP contribution in [0.2, 0.25) is 0 Å². The number of hydrogen-bond acceptors (Lipinski definition) is 11.